The van der Waals surface area contributed by atoms with Crippen molar-refractivity contribution in [2.75, 3.05) is 25.0 Å². The zero-order valence-electron chi connectivity index (χ0n) is 18.0. The van der Waals surface area contributed by atoms with Gasteiger partial charge in [-0.1, -0.05) is 18.2 Å². The predicted octanol–water partition coefficient (Wildman–Crippen LogP) is 4.06. The molecule has 2 heterocycles. The third-order valence-corrected chi connectivity index (χ3v) is 5.77. The van der Waals surface area contributed by atoms with Crippen molar-refractivity contribution >= 4 is 34.4 Å². The standard InChI is InChI=1S/C24H22F3N3O4/c25-24(26,27)17-5-7-18(8-6-17)29-22(32)21(31)28-14-15-9-11-30(12-10-15)23(33)20-13-16-3-1-2-4-19(16)34-20/h1-8,13,15H,9-12,14H2,(H,28,31)(H,29,32). The van der Waals surface area contributed by atoms with Crippen molar-refractivity contribution in [2.45, 2.75) is 19.0 Å². The summed E-state index contributed by atoms with van der Waals surface area (Å²) in [6, 6.07) is 12.9. The van der Waals surface area contributed by atoms with Crippen LogP contribution in [0.5, 0.6) is 0 Å². The monoisotopic (exact) mass is 473 g/mol. The number of carbonyl (C=O) groups excluding carboxylic acids is 3. The van der Waals surface area contributed by atoms with Crippen molar-refractivity contribution in [3.05, 3.63) is 65.9 Å². The Bertz CT molecular complexity index is 1160. The number of alkyl halides is 3. The van der Waals surface area contributed by atoms with Crippen molar-refractivity contribution in [3.63, 3.8) is 0 Å². The van der Waals surface area contributed by atoms with Gasteiger partial charge in [-0.3, -0.25) is 14.4 Å². The summed E-state index contributed by atoms with van der Waals surface area (Å²) in [4.78, 5) is 38.5. The average Bonchev–Trinajstić information content (AvgIpc) is 3.26. The van der Waals surface area contributed by atoms with Crippen LogP contribution >= 0.6 is 0 Å². The maximum atomic E-state index is 12.7. The maximum absolute atomic E-state index is 12.7. The summed E-state index contributed by atoms with van der Waals surface area (Å²) in [5, 5.41) is 5.69. The highest BCUT2D eigenvalue weighted by atomic mass is 19.4. The molecule has 178 valence electrons. The molecule has 0 spiro atoms. The Morgan fingerprint density at radius 3 is 2.29 bits per heavy atom. The van der Waals surface area contributed by atoms with E-state index < -0.39 is 23.6 Å². The fourth-order valence-corrected chi connectivity index (χ4v) is 3.83. The molecule has 7 nitrogen and oxygen atoms in total. The second kappa shape index (κ2) is 9.58. The van der Waals surface area contributed by atoms with Gasteiger partial charge in [0.15, 0.2) is 5.76 Å². The first-order valence-electron chi connectivity index (χ1n) is 10.7. The van der Waals surface area contributed by atoms with E-state index in [-0.39, 0.29) is 29.8 Å². The van der Waals surface area contributed by atoms with Crippen LogP contribution in [0, 0.1) is 5.92 Å². The number of likely N-dealkylation sites (tertiary alicyclic amines) is 1. The summed E-state index contributed by atoms with van der Waals surface area (Å²) in [5.41, 5.74) is -0.108. The molecule has 0 radical (unpaired) electrons. The van der Waals surface area contributed by atoms with Gasteiger partial charge in [0.2, 0.25) is 0 Å². The van der Waals surface area contributed by atoms with Gasteiger partial charge >= 0.3 is 18.0 Å². The molecule has 0 unspecified atom stereocenters. The Kier molecular flexibility index (Phi) is 6.58. The number of rotatable bonds is 4. The predicted molar refractivity (Wildman–Crippen MR) is 118 cm³/mol. The molecule has 34 heavy (non-hydrogen) atoms. The number of fused-ring (bicyclic) bond motifs is 1. The number of benzene rings is 2. The van der Waals surface area contributed by atoms with Gasteiger partial charge in [-0.25, -0.2) is 0 Å². The molecule has 10 heteroatoms. The van der Waals surface area contributed by atoms with Crippen molar-refractivity contribution in [3.8, 4) is 0 Å². The van der Waals surface area contributed by atoms with Crippen LogP contribution in [-0.2, 0) is 15.8 Å². The minimum atomic E-state index is -4.48. The lowest BCUT2D eigenvalue weighted by Gasteiger charge is -2.31. The lowest BCUT2D eigenvalue weighted by Crippen LogP contribution is -2.43. The van der Waals surface area contributed by atoms with E-state index in [2.05, 4.69) is 10.6 Å². The number of hydrogen-bond acceptors (Lipinski definition) is 4. The van der Waals surface area contributed by atoms with E-state index in [1.807, 2.05) is 18.2 Å². The Morgan fingerprint density at radius 1 is 0.971 bits per heavy atom. The fraction of sp³-hybridized carbons (Fsp3) is 0.292. The molecule has 1 aromatic heterocycles. The van der Waals surface area contributed by atoms with E-state index in [9.17, 15) is 27.6 Å². The number of nitrogens with zero attached hydrogens (tertiary/aromatic N) is 1. The Morgan fingerprint density at radius 2 is 1.65 bits per heavy atom. The van der Waals surface area contributed by atoms with Crippen molar-refractivity contribution < 1.29 is 32.0 Å². The highest BCUT2D eigenvalue weighted by Crippen LogP contribution is 2.29. The molecule has 1 fully saturated rings. The van der Waals surface area contributed by atoms with Gasteiger partial charge in [0, 0.05) is 30.7 Å². The molecule has 3 amide bonds. The highest BCUT2D eigenvalue weighted by molar-refractivity contribution is 6.39. The van der Waals surface area contributed by atoms with Crippen LogP contribution in [0.25, 0.3) is 11.0 Å². The summed E-state index contributed by atoms with van der Waals surface area (Å²) < 4.78 is 43.5. The molecular weight excluding hydrogens is 451 g/mol. The number of anilines is 1. The topological polar surface area (TPSA) is 91.7 Å². The molecule has 0 aliphatic carbocycles. The summed E-state index contributed by atoms with van der Waals surface area (Å²) >= 11 is 0. The van der Waals surface area contributed by atoms with Gasteiger partial charge in [-0.15, -0.1) is 0 Å². The SMILES string of the molecule is O=C(NCC1CCN(C(=O)c2cc3ccccc3o2)CC1)C(=O)Nc1ccc(C(F)(F)F)cc1. The minimum absolute atomic E-state index is 0.0857. The third-order valence-electron chi connectivity index (χ3n) is 5.77. The van der Waals surface area contributed by atoms with Gasteiger partial charge in [0.05, 0.1) is 5.56 Å². The van der Waals surface area contributed by atoms with Crippen molar-refractivity contribution in [2.24, 2.45) is 5.92 Å². The van der Waals surface area contributed by atoms with E-state index >= 15 is 0 Å². The molecule has 1 aliphatic heterocycles. The number of halogens is 3. The largest absolute Gasteiger partial charge is 0.451 e. The molecular formula is C24H22F3N3O4. The molecule has 1 saturated heterocycles. The second-order valence-corrected chi connectivity index (χ2v) is 8.12. The first-order valence-corrected chi connectivity index (χ1v) is 10.7. The third kappa shape index (κ3) is 5.38. The fourth-order valence-electron chi connectivity index (χ4n) is 3.83. The molecule has 2 aromatic carbocycles. The first kappa shape index (κ1) is 23.3. The van der Waals surface area contributed by atoms with E-state index in [4.69, 9.17) is 4.42 Å². The molecule has 2 N–H and O–H groups in total. The summed E-state index contributed by atoms with van der Waals surface area (Å²) in [6.45, 7) is 1.24. The van der Waals surface area contributed by atoms with Gasteiger partial charge in [-0.2, -0.15) is 13.2 Å². The van der Waals surface area contributed by atoms with Crippen LogP contribution in [0.1, 0.15) is 29.0 Å². The minimum Gasteiger partial charge on any atom is -0.451 e. The number of carbonyl (C=O) groups is 3. The number of piperidine rings is 1. The van der Waals surface area contributed by atoms with E-state index in [1.165, 1.54) is 0 Å². The highest BCUT2D eigenvalue weighted by Gasteiger charge is 2.30. The smallest absolute Gasteiger partial charge is 0.416 e. The molecule has 3 aromatic rings. The number of furan rings is 1. The van der Waals surface area contributed by atoms with Crippen molar-refractivity contribution in [1.82, 2.24) is 10.2 Å². The normalized spacial score (nSPS) is 14.7. The number of hydrogen-bond donors (Lipinski definition) is 2. The molecule has 0 saturated carbocycles. The van der Waals surface area contributed by atoms with Crippen LogP contribution in [0.4, 0.5) is 18.9 Å². The molecule has 1 aliphatic rings. The van der Waals surface area contributed by atoms with Crippen LogP contribution in [0.2, 0.25) is 0 Å². The Labute approximate surface area is 192 Å². The van der Waals surface area contributed by atoms with E-state index in [0.717, 1.165) is 29.7 Å². The van der Waals surface area contributed by atoms with Crippen LogP contribution in [-0.4, -0.2) is 42.3 Å². The summed E-state index contributed by atoms with van der Waals surface area (Å²) in [5.74, 6) is -1.65. The number of amides is 3. The molecule has 4 rings (SSSR count). The zero-order chi connectivity index (χ0) is 24.3. The van der Waals surface area contributed by atoms with Gasteiger partial charge in [0.25, 0.3) is 5.91 Å². The average molecular weight is 473 g/mol. The van der Waals surface area contributed by atoms with E-state index in [0.29, 0.717) is 31.5 Å². The van der Waals surface area contributed by atoms with E-state index in [1.54, 1.807) is 17.0 Å². The lowest BCUT2D eigenvalue weighted by molar-refractivity contribution is -0.137. The van der Waals surface area contributed by atoms with Crippen LogP contribution in [0.3, 0.4) is 0 Å². The lowest BCUT2D eigenvalue weighted by atomic mass is 9.96. The maximum Gasteiger partial charge on any atom is 0.416 e. The first-order chi connectivity index (χ1) is 16.2. The second-order valence-electron chi connectivity index (χ2n) is 8.12. The van der Waals surface area contributed by atoms with Gasteiger partial charge in [-0.05, 0) is 55.2 Å². The number of nitrogens with one attached hydrogen (secondary N) is 2. The molecule has 0 atom stereocenters. The summed E-state index contributed by atoms with van der Waals surface area (Å²) in [7, 11) is 0. The summed E-state index contributed by atoms with van der Waals surface area (Å²) in [6.07, 6.45) is -3.19. The number of para-hydroxylation sites is 1. The zero-order valence-corrected chi connectivity index (χ0v) is 18.0. The molecule has 0 bridgehead atoms. The van der Waals surface area contributed by atoms with Gasteiger partial charge in [0.1, 0.15) is 5.58 Å². The van der Waals surface area contributed by atoms with Crippen molar-refractivity contribution in [1.29, 1.82) is 0 Å². The quantitative estimate of drug-likeness (QED) is 0.559. The Balaban J connectivity index is 1.22. The van der Waals surface area contributed by atoms with Crippen LogP contribution in [0.15, 0.2) is 59.0 Å². The van der Waals surface area contributed by atoms with Crippen LogP contribution < -0.4 is 10.6 Å². The Hall–Kier alpha value is -3.82. The van der Waals surface area contributed by atoms with Gasteiger partial charge < -0.3 is 20.0 Å².